The molecule has 1 heterocycles. The van der Waals surface area contributed by atoms with Crippen molar-refractivity contribution < 1.29 is 28.7 Å². The number of rotatable bonds is 7. The first kappa shape index (κ1) is 23.1. The van der Waals surface area contributed by atoms with Crippen LogP contribution in [-0.4, -0.2) is 49.0 Å². The minimum Gasteiger partial charge on any atom is -0.495 e. The Kier molecular flexibility index (Phi) is 7.32. The molecule has 168 valence electrons. The van der Waals surface area contributed by atoms with Gasteiger partial charge in [0.15, 0.2) is 6.61 Å². The number of amides is 3. The number of hydrazine groups is 1. The van der Waals surface area contributed by atoms with Gasteiger partial charge in [-0.1, -0.05) is 29.3 Å². The third-order valence-electron chi connectivity index (χ3n) is 4.76. The van der Waals surface area contributed by atoms with E-state index in [4.69, 9.17) is 21.1 Å². The van der Waals surface area contributed by atoms with Gasteiger partial charge in [-0.3, -0.25) is 29.6 Å². The molecule has 1 unspecified atom stereocenters. The molecule has 9 nitrogen and oxygen atoms in total. The molecule has 0 saturated carbocycles. The van der Waals surface area contributed by atoms with Crippen LogP contribution in [0.15, 0.2) is 42.5 Å². The lowest BCUT2D eigenvalue weighted by Gasteiger charge is -2.17. The highest BCUT2D eigenvalue weighted by Gasteiger charge is 2.36. The van der Waals surface area contributed by atoms with Gasteiger partial charge in [0.2, 0.25) is 5.91 Å². The van der Waals surface area contributed by atoms with Crippen molar-refractivity contribution in [2.45, 2.75) is 13.3 Å². The van der Waals surface area contributed by atoms with Crippen molar-refractivity contribution in [2.24, 2.45) is 5.92 Å². The van der Waals surface area contributed by atoms with E-state index >= 15 is 0 Å². The number of ether oxygens (including phenoxy) is 2. The summed E-state index contributed by atoms with van der Waals surface area (Å²) in [5.41, 5.74) is 4.14. The fourth-order valence-electron chi connectivity index (χ4n) is 3.17. The van der Waals surface area contributed by atoms with Gasteiger partial charge in [-0.2, -0.15) is 0 Å². The number of nitrogens with zero attached hydrogens (tertiary/aromatic N) is 1. The Morgan fingerprint density at radius 2 is 1.97 bits per heavy atom. The summed E-state index contributed by atoms with van der Waals surface area (Å²) in [6.45, 7) is 1.26. The van der Waals surface area contributed by atoms with E-state index in [1.165, 1.54) is 13.2 Å². The number of aryl methyl sites for hydroxylation is 1. The van der Waals surface area contributed by atoms with Crippen LogP contribution < -0.4 is 15.5 Å². The minimum absolute atomic E-state index is 0.0427. The minimum atomic E-state index is -0.797. The maximum atomic E-state index is 12.3. The van der Waals surface area contributed by atoms with Crippen molar-refractivity contribution in [1.82, 2.24) is 10.4 Å². The second-order valence-electron chi connectivity index (χ2n) is 7.22. The summed E-state index contributed by atoms with van der Waals surface area (Å²) in [5, 5.41) is 4.04. The number of nitrogens with one attached hydrogen (secondary N) is 2. The number of carbonyl (C=O) groups excluding carboxylic acids is 4. The first-order valence-electron chi connectivity index (χ1n) is 9.75. The maximum Gasteiger partial charge on any atom is 0.311 e. The average molecular weight is 460 g/mol. The Morgan fingerprint density at radius 1 is 1.19 bits per heavy atom. The van der Waals surface area contributed by atoms with Crippen LogP contribution in [0, 0.1) is 12.8 Å². The van der Waals surface area contributed by atoms with Crippen LogP contribution >= 0.6 is 11.6 Å². The Hall–Kier alpha value is -3.59. The van der Waals surface area contributed by atoms with Crippen LogP contribution in [0.2, 0.25) is 5.02 Å². The van der Waals surface area contributed by atoms with Crippen LogP contribution in [0.25, 0.3) is 0 Å². The van der Waals surface area contributed by atoms with Gasteiger partial charge in [0.25, 0.3) is 11.8 Å². The molecule has 32 heavy (non-hydrogen) atoms. The molecule has 0 aliphatic carbocycles. The van der Waals surface area contributed by atoms with Crippen molar-refractivity contribution >= 4 is 41.0 Å². The van der Waals surface area contributed by atoms with Gasteiger partial charge in [0.05, 0.1) is 25.3 Å². The summed E-state index contributed by atoms with van der Waals surface area (Å²) >= 11 is 5.92. The number of carbonyl (C=O) groups is 4. The molecule has 1 saturated heterocycles. The van der Waals surface area contributed by atoms with E-state index in [9.17, 15) is 19.2 Å². The fourth-order valence-corrected chi connectivity index (χ4v) is 3.34. The molecule has 1 atom stereocenters. The van der Waals surface area contributed by atoms with Crippen molar-refractivity contribution in [2.75, 3.05) is 25.6 Å². The van der Waals surface area contributed by atoms with Crippen LogP contribution in [0.5, 0.6) is 5.75 Å². The number of anilines is 1. The molecule has 1 aliphatic rings. The van der Waals surface area contributed by atoms with Gasteiger partial charge < -0.3 is 14.8 Å². The van der Waals surface area contributed by atoms with Crippen molar-refractivity contribution in [3.05, 3.63) is 58.6 Å². The predicted molar refractivity (Wildman–Crippen MR) is 116 cm³/mol. The summed E-state index contributed by atoms with van der Waals surface area (Å²) in [6, 6.07) is 11.6. The molecule has 2 N–H and O–H groups in total. The van der Waals surface area contributed by atoms with Crippen LogP contribution in [0.1, 0.15) is 22.3 Å². The lowest BCUT2D eigenvalue weighted by atomic mass is 10.1. The first-order chi connectivity index (χ1) is 15.3. The Morgan fingerprint density at radius 3 is 2.69 bits per heavy atom. The summed E-state index contributed by atoms with van der Waals surface area (Å²) in [5.74, 6) is -2.57. The van der Waals surface area contributed by atoms with E-state index in [-0.39, 0.29) is 13.0 Å². The average Bonchev–Trinajstić information content (AvgIpc) is 3.12. The normalized spacial score (nSPS) is 15.3. The van der Waals surface area contributed by atoms with E-state index in [0.29, 0.717) is 22.0 Å². The Labute approximate surface area is 189 Å². The zero-order valence-corrected chi connectivity index (χ0v) is 18.3. The molecule has 3 rings (SSSR count). The second-order valence-corrected chi connectivity index (χ2v) is 7.65. The number of methoxy groups -OCH3 is 1. The third-order valence-corrected chi connectivity index (χ3v) is 4.99. The van der Waals surface area contributed by atoms with E-state index < -0.39 is 36.2 Å². The molecule has 0 aromatic heterocycles. The van der Waals surface area contributed by atoms with Gasteiger partial charge in [-0.15, -0.1) is 0 Å². The van der Waals surface area contributed by atoms with Gasteiger partial charge in [-0.05, 0) is 37.3 Å². The van der Waals surface area contributed by atoms with Crippen LogP contribution in [0.3, 0.4) is 0 Å². The lowest BCUT2D eigenvalue weighted by Crippen LogP contribution is -2.43. The SMILES string of the molecule is COc1ccc(Cl)cc1NC(=O)COC(=O)C1CC(=O)N(NC(=O)c2cccc(C)c2)C1. The topological polar surface area (TPSA) is 114 Å². The van der Waals surface area contributed by atoms with Crippen molar-refractivity contribution in [1.29, 1.82) is 0 Å². The highest BCUT2D eigenvalue weighted by molar-refractivity contribution is 6.31. The van der Waals surface area contributed by atoms with Gasteiger partial charge in [-0.25, -0.2) is 0 Å². The molecule has 10 heteroatoms. The molecule has 3 amide bonds. The Balaban J connectivity index is 1.51. The van der Waals surface area contributed by atoms with Gasteiger partial charge >= 0.3 is 5.97 Å². The number of hydrogen-bond acceptors (Lipinski definition) is 6. The van der Waals surface area contributed by atoms with Gasteiger partial charge in [0.1, 0.15) is 5.75 Å². The van der Waals surface area contributed by atoms with E-state index in [1.54, 1.807) is 30.3 Å². The predicted octanol–water partition coefficient (Wildman–Crippen LogP) is 2.33. The third kappa shape index (κ3) is 5.76. The van der Waals surface area contributed by atoms with E-state index in [2.05, 4.69) is 10.7 Å². The molecule has 1 fully saturated rings. The zero-order chi connectivity index (χ0) is 23.3. The summed E-state index contributed by atoms with van der Waals surface area (Å²) < 4.78 is 10.2. The van der Waals surface area contributed by atoms with Gasteiger partial charge in [0, 0.05) is 17.0 Å². The first-order valence-corrected chi connectivity index (χ1v) is 10.1. The van der Waals surface area contributed by atoms with Crippen molar-refractivity contribution in [3.63, 3.8) is 0 Å². The lowest BCUT2D eigenvalue weighted by molar-refractivity contribution is -0.151. The smallest absolute Gasteiger partial charge is 0.311 e. The van der Waals surface area contributed by atoms with Crippen LogP contribution in [0.4, 0.5) is 5.69 Å². The molecule has 1 aliphatic heterocycles. The maximum absolute atomic E-state index is 12.3. The standard InChI is InChI=1S/C22H22ClN3O6/c1-13-4-3-5-14(8-13)21(29)25-26-11-15(9-20(26)28)22(30)32-12-19(27)24-17-10-16(23)6-7-18(17)31-2/h3-8,10,15H,9,11-12H2,1-2H3,(H,24,27)(H,25,29). The molecule has 2 aromatic rings. The summed E-state index contributed by atoms with van der Waals surface area (Å²) in [4.78, 5) is 49.0. The quantitative estimate of drug-likeness (QED) is 0.614. The monoisotopic (exact) mass is 459 g/mol. The van der Waals surface area contributed by atoms with Crippen molar-refractivity contribution in [3.8, 4) is 5.75 Å². The van der Waals surface area contributed by atoms with E-state index in [0.717, 1.165) is 10.6 Å². The molecule has 2 aromatic carbocycles. The number of hydrogen-bond donors (Lipinski definition) is 2. The number of halogens is 1. The number of benzene rings is 2. The highest BCUT2D eigenvalue weighted by Crippen LogP contribution is 2.27. The highest BCUT2D eigenvalue weighted by atomic mass is 35.5. The molecule has 0 spiro atoms. The van der Waals surface area contributed by atoms with E-state index in [1.807, 2.05) is 13.0 Å². The second kappa shape index (κ2) is 10.1. The fraction of sp³-hybridized carbons (Fsp3) is 0.273. The molecular formula is C22H22ClN3O6. The summed E-state index contributed by atoms with van der Waals surface area (Å²) in [7, 11) is 1.44. The molecule has 0 bridgehead atoms. The molecule has 0 radical (unpaired) electrons. The zero-order valence-electron chi connectivity index (χ0n) is 17.5. The molecular weight excluding hydrogens is 438 g/mol. The summed E-state index contributed by atoms with van der Waals surface area (Å²) in [6.07, 6.45) is -0.128. The Bertz CT molecular complexity index is 1060. The largest absolute Gasteiger partial charge is 0.495 e. The van der Waals surface area contributed by atoms with Crippen LogP contribution in [-0.2, 0) is 19.1 Å². The number of esters is 1.